The van der Waals surface area contributed by atoms with Crippen LogP contribution in [0.2, 0.25) is 0 Å². The lowest BCUT2D eigenvalue weighted by Gasteiger charge is -2.12. The Bertz CT molecular complexity index is 875. The number of ketones is 2. The van der Waals surface area contributed by atoms with Gasteiger partial charge in [-0.25, -0.2) is 9.59 Å². The largest absolute Gasteiger partial charge is 0.451 e. The Hall–Kier alpha value is -3.54. The summed E-state index contributed by atoms with van der Waals surface area (Å²) in [5, 5.41) is 0. The number of esters is 2. The Morgan fingerprint density at radius 2 is 0.933 bits per heavy atom. The quantitative estimate of drug-likeness (QED) is 0.375. The standard InChI is InChI=1S/C24H24O6/c1-15-5-9-19(10-6-15)23(27)17(3)29-21(25)13-14-22(26)30-18(4)24(28)20-11-7-16(2)8-12-20/h5-14,17-18H,1-4H3/b14-13+. The Kier molecular flexibility index (Phi) is 7.81. The van der Waals surface area contributed by atoms with Gasteiger partial charge in [-0.2, -0.15) is 0 Å². The minimum Gasteiger partial charge on any atom is -0.451 e. The van der Waals surface area contributed by atoms with Gasteiger partial charge in [0.2, 0.25) is 11.6 Å². The van der Waals surface area contributed by atoms with Crippen molar-refractivity contribution in [1.82, 2.24) is 0 Å². The van der Waals surface area contributed by atoms with Crippen LogP contribution in [0.5, 0.6) is 0 Å². The van der Waals surface area contributed by atoms with E-state index >= 15 is 0 Å². The highest BCUT2D eigenvalue weighted by Crippen LogP contribution is 2.10. The maximum absolute atomic E-state index is 12.3. The number of benzene rings is 2. The molecule has 0 heterocycles. The molecule has 0 amide bonds. The highest BCUT2D eigenvalue weighted by Gasteiger charge is 2.20. The zero-order valence-electron chi connectivity index (χ0n) is 17.4. The first kappa shape index (κ1) is 22.7. The van der Waals surface area contributed by atoms with Gasteiger partial charge in [0.15, 0.2) is 12.2 Å². The second kappa shape index (κ2) is 10.3. The van der Waals surface area contributed by atoms with Crippen LogP contribution < -0.4 is 0 Å². The lowest BCUT2D eigenvalue weighted by molar-refractivity contribution is -0.143. The van der Waals surface area contributed by atoms with Crippen LogP contribution in [0.15, 0.2) is 60.7 Å². The maximum Gasteiger partial charge on any atom is 0.331 e. The minimum atomic E-state index is -1.01. The van der Waals surface area contributed by atoms with E-state index in [0.717, 1.165) is 23.3 Å². The molecule has 0 N–H and O–H groups in total. The third-order valence-corrected chi connectivity index (χ3v) is 4.35. The van der Waals surface area contributed by atoms with E-state index in [9.17, 15) is 19.2 Å². The van der Waals surface area contributed by atoms with Gasteiger partial charge in [-0.15, -0.1) is 0 Å². The Labute approximate surface area is 175 Å². The number of aryl methyl sites for hydroxylation is 2. The second-order valence-electron chi connectivity index (χ2n) is 6.95. The molecular formula is C24H24O6. The van der Waals surface area contributed by atoms with E-state index in [2.05, 4.69) is 0 Å². The van der Waals surface area contributed by atoms with Crippen molar-refractivity contribution in [1.29, 1.82) is 0 Å². The van der Waals surface area contributed by atoms with Crippen molar-refractivity contribution in [2.75, 3.05) is 0 Å². The third-order valence-electron chi connectivity index (χ3n) is 4.35. The van der Waals surface area contributed by atoms with Crippen molar-refractivity contribution in [3.05, 3.63) is 82.9 Å². The van der Waals surface area contributed by atoms with Gasteiger partial charge in [0.1, 0.15) is 0 Å². The fourth-order valence-corrected chi connectivity index (χ4v) is 2.58. The molecule has 6 heteroatoms. The molecule has 0 radical (unpaired) electrons. The van der Waals surface area contributed by atoms with Gasteiger partial charge >= 0.3 is 11.9 Å². The number of rotatable bonds is 8. The molecule has 0 fully saturated rings. The molecule has 0 bridgehead atoms. The normalized spacial score (nSPS) is 12.8. The number of Topliss-reactive ketones (excluding diaryl/α,β-unsaturated/α-hetero) is 2. The highest BCUT2D eigenvalue weighted by molar-refractivity contribution is 6.02. The fraction of sp³-hybridized carbons (Fsp3) is 0.250. The third kappa shape index (κ3) is 6.51. The summed E-state index contributed by atoms with van der Waals surface area (Å²) in [6, 6.07) is 13.8. The van der Waals surface area contributed by atoms with E-state index in [-0.39, 0.29) is 11.6 Å². The summed E-state index contributed by atoms with van der Waals surface area (Å²) in [6.45, 7) is 6.71. The van der Waals surface area contributed by atoms with Gasteiger partial charge in [-0.3, -0.25) is 9.59 Å². The van der Waals surface area contributed by atoms with Gasteiger partial charge in [0, 0.05) is 23.3 Å². The molecule has 2 aromatic rings. The average Bonchev–Trinajstić information content (AvgIpc) is 2.72. The molecule has 0 aliphatic rings. The SMILES string of the molecule is Cc1ccc(C(=O)C(C)OC(=O)/C=C/C(=O)OC(C)C(=O)c2ccc(C)cc2)cc1. The molecule has 2 unspecified atom stereocenters. The van der Waals surface area contributed by atoms with E-state index < -0.39 is 24.1 Å². The first-order valence-corrected chi connectivity index (χ1v) is 9.48. The predicted molar refractivity (Wildman–Crippen MR) is 111 cm³/mol. The number of ether oxygens (including phenoxy) is 2. The second-order valence-corrected chi connectivity index (χ2v) is 6.95. The Morgan fingerprint density at radius 1 is 0.633 bits per heavy atom. The number of carbonyl (C=O) groups is 4. The molecule has 0 aliphatic heterocycles. The molecule has 0 spiro atoms. The van der Waals surface area contributed by atoms with Crippen molar-refractivity contribution in [2.45, 2.75) is 39.9 Å². The zero-order valence-corrected chi connectivity index (χ0v) is 17.4. The van der Waals surface area contributed by atoms with Crippen molar-refractivity contribution in [3.8, 4) is 0 Å². The van der Waals surface area contributed by atoms with Gasteiger partial charge in [0.25, 0.3) is 0 Å². The molecule has 0 saturated heterocycles. The summed E-state index contributed by atoms with van der Waals surface area (Å²) in [6.07, 6.45) is -0.292. The van der Waals surface area contributed by atoms with E-state index in [0.29, 0.717) is 11.1 Å². The molecule has 0 saturated carbocycles. The summed E-state index contributed by atoms with van der Waals surface area (Å²) < 4.78 is 10.1. The van der Waals surface area contributed by atoms with Gasteiger partial charge < -0.3 is 9.47 Å². The summed E-state index contributed by atoms with van der Waals surface area (Å²) in [5.41, 5.74) is 2.86. The van der Waals surface area contributed by atoms with Crippen molar-refractivity contribution < 1.29 is 28.7 Å². The summed E-state index contributed by atoms with van der Waals surface area (Å²) in [4.78, 5) is 48.3. The molecule has 2 rings (SSSR count). The van der Waals surface area contributed by atoms with Crippen LogP contribution in [0.4, 0.5) is 0 Å². The number of hydrogen-bond donors (Lipinski definition) is 0. The van der Waals surface area contributed by atoms with Crippen molar-refractivity contribution in [2.24, 2.45) is 0 Å². The van der Waals surface area contributed by atoms with E-state index in [4.69, 9.17) is 9.47 Å². The van der Waals surface area contributed by atoms with E-state index in [1.54, 1.807) is 48.5 Å². The topological polar surface area (TPSA) is 86.7 Å². The van der Waals surface area contributed by atoms with Crippen molar-refractivity contribution >= 4 is 23.5 Å². The molecule has 0 aromatic heterocycles. The average molecular weight is 408 g/mol. The number of carbonyl (C=O) groups excluding carboxylic acids is 4. The van der Waals surface area contributed by atoms with Crippen LogP contribution >= 0.6 is 0 Å². The van der Waals surface area contributed by atoms with Crippen LogP contribution in [0.1, 0.15) is 45.7 Å². The summed E-state index contributed by atoms with van der Waals surface area (Å²) in [5.74, 6) is -2.43. The van der Waals surface area contributed by atoms with Gasteiger partial charge in [-0.1, -0.05) is 59.7 Å². The molecular weight excluding hydrogens is 384 g/mol. The molecule has 0 aliphatic carbocycles. The molecule has 2 aromatic carbocycles. The predicted octanol–water partition coefficient (Wildman–Crippen LogP) is 3.79. The Morgan fingerprint density at radius 3 is 1.23 bits per heavy atom. The smallest absolute Gasteiger partial charge is 0.331 e. The monoisotopic (exact) mass is 408 g/mol. The Balaban J connectivity index is 1.86. The van der Waals surface area contributed by atoms with Gasteiger partial charge in [0.05, 0.1) is 0 Å². The molecule has 6 nitrogen and oxygen atoms in total. The molecule has 2 atom stereocenters. The summed E-state index contributed by atoms with van der Waals surface area (Å²) >= 11 is 0. The summed E-state index contributed by atoms with van der Waals surface area (Å²) in [7, 11) is 0. The first-order valence-electron chi connectivity index (χ1n) is 9.48. The van der Waals surface area contributed by atoms with E-state index in [1.807, 2.05) is 13.8 Å². The van der Waals surface area contributed by atoms with Crippen molar-refractivity contribution in [3.63, 3.8) is 0 Å². The highest BCUT2D eigenvalue weighted by atomic mass is 16.6. The minimum absolute atomic E-state index is 0.350. The van der Waals surface area contributed by atoms with Crippen LogP contribution in [0, 0.1) is 13.8 Å². The lowest BCUT2D eigenvalue weighted by Crippen LogP contribution is -2.24. The molecule has 30 heavy (non-hydrogen) atoms. The van der Waals surface area contributed by atoms with E-state index in [1.165, 1.54) is 13.8 Å². The maximum atomic E-state index is 12.3. The zero-order chi connectivity index (χ0) is 22.3. The van der Waals surface area contributed by atoms with Gasteiger partial charge in [-0.05, 0) is 27.7 Å². The van der Waals surface area contributed by atoms with Crippen LogP contribution in [-0.2, 0) is 19.1 Å². The first-order chi connectivity index (χ1) is 14.2. The van der Waals surface area contributed by atoms with Crippen LogP contribution in [0.3, 0.4) is 0 Å². The lowest BCUT2D eigenvalue weighted by atomic mass is 10.1. The molecule has 156 valence electrons. The van der Waals surface area contributed by atoms with Crippen LogP contribution in [0.25, 0.3) is 0 Å². The van der Waals surface area contributed by atoms with Crippen LogP contribution in [-0.4, -0.2) is 35.7 Å². The number of hydrogen-bond acceptors (Lipinski definition) is 6. The fourth-order valence-electron chi connectivity index (χ4n) is 2.58.